The Bertz CT molecular complexity index is 644. The fourth-order valence-corrected chi connectivity index (χ4v) is 3.46. The molecule has 0 spiro atoms. The van der Waals surface area contributed by atoms with Crippen molar-refractivity contribution in [2.75, 3.05) is 17.2 Å². The number of rotatable bonds is 3. The van der Waals surface area contributed by atoms with Gasteiger partial charge in [0.1, 0.15) is 5.82 Å². The number of thioether (sulfide) groups is 1. The van der Waals surface area contributed by atoms with Crippen molar-refractivity contribution < 1.29 is 4.39 Å². The van der Waals surface area contributed by atoms with Crippen LogP contribution in [0.4, 0.5) is 10.2 Å². The quantitative estimate of drug-likeness (QED) is 0.612. The van der Waals surface area contributed by atoms with E-state index >= 15 is 0 Å². The van der Waals surface area contributed by atoms with Crippen LogP contribution in [0, 0.1) is 6.92 Å². The Morgan fingerprint density at radius 3 is 2.95 bits per heavy atom. The first-order valence-electron chi connectivity index (χ1n) is 7.29. The molecule has 3 rings (SSSR count). The molecular formula is C17H19FN2S. The molecule has 1 aromatic heterocycles. The third-order valence-corrected chi connectivity index (χ3v) is 4.52. The highest BCUT2D eigenvalue weighted by atomic mass is 32.2. The lowest BCUT2D eigenvalue weighted by atomic mass is 9.99. The monoisotopic (exact) mass is 302 g/mol. The summed E-state index contributed by atoms with van der Waals surface area (Å²) in [7, 11) is 0. The molecule has 2 aromatic rings. The van der Waals surface area contributed by atoms with Gasteiger partial charge in [-0.05, 0) is 42.4 Å². The Labute approximate surface area is 129 Å². The van der Waals surface area contributed by atoms with Crippen LogP contribution in [0.2, 0.25) is 0 Å². The number of aryl methyl sites for hydroxylation is 1. The van der Waals surface area contributed by atoms with E-state index in [1.807, 2.05) is 37.3 Å². The average molecular weight is 302 g/mol. The van der Waals surface area contributed by atoms with Crippen LogP contribution in [0.15, 0.2) is 41.4 Å². The second-order valence-electron chi connectivity index (χ2n) is 5.25. The molecule has 2 nitrogen and oxygen atoms in total. The zero-order chi connectivity index (χ0) is 14.8. The largest absolute Gasteiger partial charge is 0.323 e. The molecule has 0 saturated heterocycles. The number of hydrogen-bond acceptors (Lipinski definition) is 3. The third kappa shape index (κ3) is 2.91. The van der Waals surface area contributed by atoms with E-state index in [0.29, 0.717) is 6.54 Å². The van der Waals surface area contributed by atoms with E-state index in [9.17, 15) is 4.39 Å². The molecule has 0 N–H and O–H groups in total. The Hall–Kier alpha value is -1.55. The fraction of sp³-hybridized carbons (Fsp3) is 0.353. The summed E-state index contributed by atoms with van der Waals surface area (Å²) in [5.41, 5.74) is 3.01. The first kappa shape index (κ1) is 14.4. The van der Waals surface area contributed by atoms with Crippen molar-refractivity contribution in [2.24, 2.45) is 0 Å². The molecule has 1 unspecified atom stereocenters. The number of aromatic nitrogens is 1. The van der Waals surface area contributed by atoms with Crippen LogP contribution in [0.25, 0.3) is 0 Å². The average Bonchev–Trinajstić information content (AvgIpc) is 2.47. The van der Waals surface area contributed by atoms with E-state index in [1.165, 1.54) is 0 Å². The van der Waals surface area contributed by atoms with Gasteiger partial charge < -0.3 is 4.90 Å². The van der Waals surface area contributed by atoms with Crippen LogP contribution < -0.4 is 4.90 Å². The summed E-state index contributed by atoms with van der Waals surface area (Å²) in [6.07, 6.45) is -0.244. The third-order valence-electron chi connectivity index (χ3n) is 3.73. The molecule has 4 heteroatoms. The van der Waals surface area contributed by atoms with Crippen LogP contribution in [-0.4, -0.2) is 17.3 Å². The molecule has 0 radical (unpaired) electrons. The lowest BCUT2D eigenvalue weighted by Gasteiger charge is -2.33. The first-order valence-corrected chi connectivity index (χ1v) is 8.27. The number of pyridine rings is 1. The molecule has 0 fully saturated rings. The Kier molecular flexibility index (Phi) is 4.15. The SMILES string of the molecule is CCSc1cc(C)cc(N2CCc3ccccc3C2F)n1. The summed E-state index contributed by atoms with van der Waals surface area (Å²) in [5, 5.41) is 0.971. The molecule has 21 heavy (non-hydrogen) atoms. The van der Waals surface area contributed by atoms with Gasteiger partial charge in [0, 0.05) is 12.1 Å². The van der Waals surface area contributed by atoms with E-state index in [1.54, 1.807) is 16.7 Å². The van der Waals surface area contributed by atoms with Gasteiger partial charge in [-0.25, -0.2) is 9.37 Å². The van der Waals surface area contributed by atoms with E-state index in [4.69, 9.17) is 0 Å². The number of fused-ring (bicyclic) bond motifs is 1. The van der Waals surface area contributed by atoms with Crippen LogP contribution >= 0.6 is 11.8 Å². The van der Waals surface area contributed by atoms with Crippen LogP contribution in [0.1, 0.15) is 29.9 Å². The van der Waals surface area contributed by atoms with Gasteiger partial charge in [-0.2, -0.15) is 0 Å². The summed E-state index contributed by atoms with van der Waals surface area (Å²) >= 11 is 1.69. The van der Waals surface area contributed by atoms with E-state index in [2.05, 4.69) is 18.0 Å². The Balaban J connectivity index is 1.95. The zero-order valence-corrected chi connectivity index (χ0v) is 13.2. The standard InChI is InChI=1S/C17H19FN2S/c1-3-21-16-11-12(2)10-15(19-16)20-9-8-13-6-4-5-7-14(13)17(20)18/h4-7,10-11,17H,3,8-9H2,1-2H3. The number of hydrogen-bond donors (Lipinski definition) is 0. The van der Waals surface area contributed by atoms with Gasteiger partial charge >= 0.3 is 0 Å². The van der Waals surface area contributed by atoms with Gasteiger partial charge in [0.05, 0.1) is 5.03 Å². The minimum atomic E-state index is -1.11. The normalized spacial score (nSPS) is 17.7. The maximum Gasteiger partial charge on any atom is 0.199 e. The number of anilines is 1. The minimum Gasteiger partial charge on any atom is -0.323 e. The smallest absolute Gasteiger partial charge is 0.199 e. The molecule has 1 atom stereocenters. The predicted molar refractivity (Wildman–Crippen MR) is 86.7 cm³/mol. The van der Waals surface area contributed by atoms with Crippen molar-refractivity contribution in [3.63, 3.8) is 0 Å². The van der Waals surface area contributed by atoms with Crippen molar-refractivity contribution in [3.05, 3.63) is 53.1 Å². The highest BCUT2D eigenvalue weighted by molar-refractivity contribution is 7.99. The minimum absolute atomic E-state index is 0.671. The van der Waals surface area contributed by atoms with Crippen molar-refractivity contribution in [1.29, 1.82) is 0 Å². The molecule has 1 aliphatic heterocycles. The molecule has 1 aromatic carbocycles. The van der Waals surface area contributed by atoms with Gasteiger partial charge in [-0.15, -0.1) is 11.8 Å². The maximum absolute atomic E-state index is 14.9. The van der Waals surface area contributed by atoms with Crippen molar-refractivity contribution in [1.82, 2.24) is 4.98 Å². The predicted octanol–water partition coefficient (Wildman–Crippen LogP) is 4.53. The molecule has 0 bridgehead atoms. The molecule has 1 aliphatic rings. The lowest BCUT2D eigenvalue weighted by molar-refractivity contribution is 0.312. The molecule has 0 saturated carbocycles. The van der Waals surface area contributed by atoms with Gasteiger partial charge in [-0.3, -0.25) is 0 Å². The lowest BCUT2D eigenvalue weighted by Crippen LogP contribution is -2.33. The topological polar surface area (TPSA) is 16.1 Å². The summed E-state index contributed by atoms with van der Waals surface area (Å²) in [6.45, 7) is 4.81. The molecule has 0 amide bonds. The molecular weight excluding hydrogens is 283 g/mol. The number of halogens is 1. The molecule has 110 valence electrons. The molecule has 0 aliphatic carbocycles. The summed E-state index contributed by atoms with van der Waals surface area (Å²) < 4.78 is 14.9. The number of benzene rings is 1. The van der Waals surface area contributed by atoms with Crippen molar-refractivity contribution >= 4 is 17.6 Å². The maximum atomic E-state index is 14.9. The second kappa shape index (κ2) is 6.06. The number of alkyl halides is 1. The summed E-state index contributed by atoms with van der Waals surface area (Å²) in [5.74, 6) is 1.71. The van der Waals surface area contributed by atoms with Gasteiger partial charge in [0.25, 0.3) is 0 Å². The Morgan fingerprint density at radius 1 is 1.33 bits per heavy atom. The summed E-state index contributed by atoms with van der Waals surface area (Å²) in [6, 6.07) is 11.8. The van der Waals surface area contributed by atoms with E-state index < -0.39 is 6.30 Å². The first-order chi connectivity index (χ1) is 10.2. The summed E-state index contributed by atoms with van der Waals surface area (Å²) in [4.78, 5) is 6.39. The van der Waals surface area contributed by atoms with Crippen LogP contribution in [0.5, 0.6) is 0 Å². The second-order valence-corrected chi connectivity index (χ2v) is 6.54. The van der Waals surface area contributed by atoms with Crippen molar-refractivity contribution in [2.45, 2.75) is 31.6 Å². The van der Waals surface area contributed by atoms with Gasteiger partial charge in [0.2, 0.25) is 0 Å². The van der Waals surface area contributed by atoms with Crippen LogP contribution in [-0.2, 0) is 6.42 Å². The van der Waals surface area contributed by atoms with E-state index in [0.717, 1.165) is 39.7 Å². The van der Waals surface area contributed by atoms with Crippen LogP contribution in [0.3, 0.4) is 0 Å². The highest BCUT2D eigenvalue weighted by Gasteiger charge is 2.28. The highest BCUT2D eigenvalue weighted by Crippen LogP contribution is 2.34. The van der Waals surface area contributed by atoms with Gasteiger partial charge in [0.15, 0.2) is 6.30 Å². The zero-order valence-electron chi connectivity index (χ0n) is 12.3. The van der Waals surface area contributed by atoms with Gasteiger partial charge in [-0.1, -0.05) is 31.2 Å². The fourth-order valence-electron chi connectivity index (χ4n) is 2.73. The Morgan fingerprint density at radius 2 is 2.14 bits per heavy atom. The molecule has 2 heterocycles. The van der Waals surface area contributed by atoms with Crippen molar-refractivity contribution in [3.8, 4) is 0 Å². The number of nitrogens with zero attached hydrogens (tertiary/aromatic N) is 2. The van der Waals surface area contributed by atoms with E-state index in [-0.39, 0.29) is 0 Å².